The molecule has 0 aliphatic carbocycles. The molecule has 0 aromatic carbocycles. The van der Waals surface area contributed by atoms with Crippen molar-refractivity contribution in [1.29, 1.82) is 5.26 Å². The van der Waals surface area contributed by atoms with Crippen LogP contribution in [-0.2, 0) is 0 Å². The standard InChI is InChI=1S/C6H3ClF2N2S/c7-6(8,9)12-5-1-4(2-10)11-3-5/h1,3,11H. The minimum Gasteiger partial charge on any atom is -0.352 e. The van der Waals surface area contributed by atoms with Crippen LogP contribution in [0.25, 0.3) is 0 Å². The van der Waals surface area contributed by atoms with Crippen molar-refractivity contribution in [1.82, 2.24) is 4.98 Å². The molecule has 0 fully saturated rings. The highest BCUT2D eigenvalue weighted by molar-refractivity contribution is 8.01. The molecule has 0 spiro atoms. The number of hydrogen-bond acceptors (Lipinski definition) is 2. The zero-order valence-corrected chi connectivity index (χ0v) is 7.22. The molecular weight excluding hydrogens is 206 g/mol. The molecule has 0 aliphatic heterocycles. The van der Waals surface area contributed by atoms with Gasteiger partial charge in [-0.15, -0.1) is 0 Å². The van der Waals surface area contributed by atoms with Crippen LogP contribution in [0.5, 0.6) is 0 Å². The quantitative estimate of drug-likeness (QED) is 0.600. The van der Waals surface area contributed by atoms with Gasteiger partial charge >= 0.3 is 4.71 Å². The van der Waals surface area contributed by atoms with Crippen molar-refractivity contribution in [3.63, 3.8) is 0 Å². The number of halogens is 3. The fourth-order valence-electron chi connectivity index (χ4n) is 0.632. The Balaban J connectivity index is 2.72. The Bertz CT molecular complexity index is 312. The summed E-state index contributed by atoms with van der Waals surface area (Å²) in [5.41, 5.74) is 0.235. The first-order valence-corrected chi connectivity index (χ1v) is 4.05. The molecule has 1 aromatic heterocycles. The van der Waals surface area contributed by atoms with Crippen LogP contribution in [0.15, 0.2) is 17.2 Å². The van der Waals surface area contributed by atoms with E-state index in [-0.39, 0.29) is 22.4 Å². The molecule has 0 amide bonds. The smallest absolute Gasteiger partial charge is 0.352 e. The number of nitrogens with zero attached hydrogens (tertiary/aromatic N) is 1. The highest BCUT2D eigenvalue weighted by Gasteiger charge is 2.26. The first-order valence-electron chi connectivity index (χ1n) is 2.85. The van der Waals surface area contributed by atoms with Gasteiger partial charge in [-0.3, -0.25) is 0 Å². The van der Waals surface area contributed by atoms with Crippen LogP contribution in [0.4, 0.5) is 8.78 Å². The van der Waals surface area contributed by atoms with Crippen LogP contribution in [0.1, 0.15) is 5.69 Å². The third-order valence-electron chi connectivity index (χ3n) is 1.01. The number of nitriles is 1. The van der Waals surface area contributed by atoms with Crippen LogP contribution in [0.2, 0.25) is 0 Å². The van der Waals surface area contributed by atoms with Gasteiger partial charge in [0, 0.05) is 11.1 Å². The summed E-state index contributed by atoms with van der Waals surface area (Å²) in [5.74, 6) is 0. The molecular formula is C6H3ClF2N2S. The Morgan fingerprint density at radius 1 is 1.67 bits per heavy atom. The summed E-state index contributed by atoms with van der Waals surface area (Å²) in [7, 11) is 0. The number of rotatable bonds is 2. The van der Waals surface area contributed by atoms with Crippen molar-refractivity contribution in [2.45, 2.75) is 9.61 Å². The lowest BCUT2D eigenvalue weighted by Gasteiger charge is -2.02. The highest BCUT2D eigenvalue weighted by Crippen LogP contribution is 2.39. The molecule has 1 heterocycles. The number of nitrogens with one attached hydrogen (secondary N) is 1. The minimum atomic E-state index is -3.32. The van der Waals surface area contributed by atoms with E-state index in [1.807, 2.05) is 0 Å². The van der Waals surface area contributed by atoms with Gasteiger partial charge in [0.25, 0.3) is 0 Å². The van der Waals surface area contributed by atoms with Gasteiger partial charge in [-0.05, 0) is 29.4 Å². The van der Waals surface area contributed by atoms with E-state index in [1.165, 1.54) is 12.3 Å². The zero-order chi connectivity index (χ0) is 9.19. The summed E-state index contributed by atoms with van der Waals surface area (Å²) >= 11 is 4.84. The molecule has 12 heavy (non-hydrogen) atoms. The molecule has 0 radical (unpaired) electrons. The second kappa shape index (κ2) is 3.33. The summed E-state index contributed by atoms with van der Waals surface area (Å²) in [6, 6.07) is 3.08. The lowest BCUT2D eigenvalue weighted by atomic mass is 10.5. The molecule has 1 rings (SSSR count). The lowest BCUT2D eigenvalue weighted by molar-refractivity contribution is 0.203. The van der Waals surface area contributed by atoms with Gasteiger partial charge in [0.1, 0.15) is 11.8 Å². The predicted octanol–water partition coefficient (Wildman–Crippen LogP) is 2.77. The second-order valence-corrected chi connectivity index (χ2v) is 3.80. The zero-order valence-electron chi connectivity index (χ0n) is 5.64. The average molecular weight is 209 g/mol. The summed E-state index contributed by atoms with van der Waals surface area (Å²) in [4.78, 5) is 2.75. The molecule has 0 atom stereocenters. The molecule has 0 saturated heterocycles. The Hall–Kier alpha value is -0.730. The van der Waals surface area contributed by atoms with E-state index in [4.69, 9.17) is 5.26 Å². The Morgan fingerprint density at radius 2 is 2.33 bits per heavy atom. The number of aromatic nitrogens is 1. The van der Waals surface area contributed by atoms with Gasteiger partial charge in [-0.2, -0.15) is 14.0 Å². The van der Waals surface area contributed by atoms with Crippen molar-refractivity contribution in [2.75, 3.05) is 0 Å². The van der Waals surface area contributed by atoms with E-state index in [9.17, 15) is 8.78 Å². The van der Waals surface area contributed by atoms with E-state index >= 15 is 0 Å². The fraction of sp³-hybridized carbons (Fsp3) is 0.167. The molecule has 64 valence electrons. The molecule has 0 saturated carbocycles. The number of aromatic amines is 1. The number of alkyl halides is 3. The monoisotopic (exact) mass is 208 g/mol. The van der Waals surface area contributed by atoms with E-state index in [1.54, 1.807) is 6.07 Å². The average Bonchev–Trinajstić information content (AvgIpc) is 2.32. The topological polar surface area (TPSA) is 39.6 Å². The summed E-state index contributed by atoms with van der Waals surface area (Å²) < 4.78 is 21.0. The van der Waals surface area contributed by atoms with Crippen LogP contribution in [0.3, 0.4) is 0 Å². The van der Waals surface area contributed by atoms with Gasteiger partial charge in [0.2, 0.25) is 0 Å². The molecule has 1 aromatic rings. The molecule has 0 aliphatic rings. The Kier molecular flexibility index (Phi) is 2.60. The van der Waals surface area contributed by atoms with Crippen molar-refractivity contribution in [2.24, 2.45) is 0 Å². The molecule has 6 heteroatoms. The van der Waals surface area contributed by atoms with Crippen LogP contribution in [-0.4, -0.2) is 9.70 Å². The summed E-state index contributed by atoms with van der Waals surface area (Å²) in [5, 5.41) is 8.34. The SMILES string of the molecule is N#Cc1cc(SC(F)(F)Cl)c[nH]1. The maximum atomic E-state index is 12.2. The highest BCUT2D eigenvalue weighted by atomic mass is 35.5. The van der Waals surface area contributed by atoms with E-state index < -0.39 is 4.71 Å². The molecule has 2 nitrogen and oxygen atoms in total. The Morgan fingerprint density at radius 3 is 2.75 bits per heavy atom. The molecule has 0 unspecified atom stereocenters. The second-order valence-electron chi connectivity index (χ2n) is 1.91. The van der Waals surface area contributed by atoms with Gasteiger partial charge in [0.15, 0.2) is 0 Å². The predicted molar refractivity (Wildman–Crippen MR) is 42.2 cm³/mol. The van der Waals surface area contributed by atoms with Crippen molar-refractivity contribution in [3.8, 4) is 6.07 Å². The number of thioether (sulfide) groups is 1. The normalized spacial score (nSPS) is 11.2. The van der Waals surface area contributed by atoms with Gasteiger partial charge in [-0.25, -0.2) is 0 Å². The first-order chi connectivity index (χ1) is 5.51. The van der Waals surface area contributed by atoms with Crippen molar-refractivity contribution < 1.29 is 8.78 Å². The maximum Gasteiger partial charge on any atom is 0.375 e. The molecule has 0 bridgehead atoms. The van der Waals surface area contributed by atoms with Crippen molar-refractivity contribution >= 4 is 23.4 Å². The third-order valence-corrected chi connectivity index (χ3v) is 1.94. The number of hydrogen-bond donors (Lipinski definition) is 1. The third kappa shape index (κ3) is 2.72. The van der Waals surface area contributed by atoms with Crippen LogP contribution in [0, 0.1) is 11.3 Å². The fourth-order valence-corrected chi connectivity index (χ4v) is 1.46. The van der Waals surface area contributed by atoms with Gasteiger partial charge in [-0.1, -0.05) is 0 Å². The first kappa shape index (κ1) is 9.36. The van der Waals surface area contributed by atoms with Crippen LogP contribution >= 0.6 is 23.4 Å². The maximum absolute atomic E-state index is 12.2. The summed E-state index contributed by atoms with van der Waals surface area (Å²) in [6.45, 7) is 0. The lowest BCUT2D eigenvalue weighted by Crippen LogP contribution is -1.95. The van der Waals surface area contributed by atoms with E-state index in [0.717, 1.165) is 0 Å². The van der Waals surface area contributed by atoms with Crippen LogP contribution < -0.4 is 0 Å². The van der Waals surface area contributed by atoms with E-state index in [2.05, 4.69) is 16.6 Å². The number of H-pyrrole nitrogens is 1. The summed E-state index contributed by atoms with van der Waals surface area (Å²) in [6.07, 6.45) is 1.31. The van der Waals surface area contributed by atoms with Crippen molar-refractivity contribution in [3.05, 3.63) is 18.0 Å². The largest absolute Gasteiger partial charge is 0.375 e. The van der Waals surface area contributed by atoms with Gasteiger partial charge < -0.3 is 4.98 Å². The minimum absolute atomic E-state index is 0.187. The van der Waals surface area contributed by atoms with Gasteiger partial charge in [0.05, 0.1) is 0 Å². The molecule has 1 N–H and O–H groups in total. The van der Waals surface area contributed by atoms with E-state index in [0.29, 0.717) is 0 Å². The Labute approximate surface area is 76.5 Å².